The zero-order chi connectivity index (χ0) is 14.5. The highest BCUT2D eigenvalue weighted by molar-refractivity contribution is 5.81. The average Bonchev–Trinajstić information content (AvgIpc) is 2.48. The maximum atomic E-state index is 12.3. The number of piperidine rings is 1. The van der Waals surface area contributed by atoms with E-state index in [9.17, 15) is 4.79 Å². The van der Waals surface area contributed by atoms with Crippen LogP contribution in [0.3, 0.4) is 0 Å². The smallest absolute Gasteiger partial charge is 0.263 e. The zero-order valence-corrected chi connectivity index (χ0v) is 12.5. The molecular weight excluding hydrogens is 254 g/mol. The standard InChI is InChI=1S/C16H23NO3/c1-12-8-10-17(11-9-12)16(18)13(2)20-15-6-4-14(19-3)5-7-15/h4-7,12-13H,8-11H2,1-3H3/t13-/m0/s1. The molecule has 0 unspecified atom stereocenters. The van der Waals surface area contributed by atoms with E-state index in [1.807, 2.05) is 36.1 Å². The highest BCUT2D eigenvalue weighted by Crippen LogP contribution is 2.20. The summed E-state index contributed by atoms with van der Waals surface area (Å²) in [6.45, 7) is 5.73. The largest absolute Gasteiger partial charge is 0.497 e. The number of nitrogens with zero attached hydrogens (tertiary/aromatic N) is 1. The van der Waals surface area contributed by atoms with E-state index in [2.05, 4.69) is 6.92 Å². The first kappa shape index (κ1) is 14.7. The van der Waals surface area contributed by atoms with Gasteiger partial charge in [-0.25, -0.2) is 0 Å². The molecule has 0 saturated carbocycles. The molecule has 1 amide bonds. The average molecular weight is 277 g/mol. The molecule has 4 heteroatoms. The second-order valence-corrected chi connectivity index (χ2v) is 5.44. The Bertz CT molecular complexity index is 436. The van der Waals surface area contributed by atoms with Crippen molar-refractivity contribution in [3.8, 4) is 11.5 Å². The third kappa shape index (κ3) is 3.65. The Morgan fingerprint density at radius 1 is 1.20 bits per heavy atom. The molecule has 0 aromatic heterocycles. The molecule has 0 spiro atoms. The summed E-state index contributed by atoms with van der Waals surface area (Å²) in [4.78, 5) is 14.2. The van der Waals surface area contributed by atoms with Gasteiger partial charge in [-0.1, -0.05) is 6.92 Å². The van der Waals surface area contributed by atoms with Crippen LogP contribution in [-0.2, 0) is 4.79 Å². The third-order valence-electron chi connectivity index (χ3n) is 3.82. The minimum atomic E-state index is -0.447. The normalized spacial score (nSPS) is 17.6. The lowest BCUT2D eigenvalue weighted by molar-refractivity contribution is -0.139. The Balaban J connectivity index is 1.89. The molecular formula is C16H23NO3. The van der Waals surface area contributed by atoms with Crippen LogP contribution in [0.5, 0.6) is 11.5 Å². The van der Waals surface area contributed by atoms with Crippen LogP contribution in [0.1, 0.15) is 26.7 Å². The number of methoxy groups -OCH3 is 1. The maximum Gasteiger partial charge on any atom is 0.263 e. The van der Waals surface area contributed by atoms with Gasteiger partial charge in [0.05, 0.1) is 7.11 Å². The molecule has 4 nitrogen and oxygen atoms in total. The van der Waals surface area contributed by atoms with Crippen LogP contribution in [0.25, 0.3) is 0 Å². The van der Waals surface area contributed by atoms with Crippen LogP contribution in [0, 0.1) is 5.92 Å². The van der Waals surface area contributed by atoms with Crippen molar-refractivity contribution in [3.05, 3.63) is 24.3 Å². The highest BCUT2D eigenvalue weighted by atomic mass is 16.5. The molecule has 110 valence electrons. The number of hydrogen-bond acceptors (Lipinski definition) is 3. The summed E-state index contributed by atoms with van der Waals surface area (Å²) >= 11 is 0. The van der Waals surface area contributed by atoms with E-state index in [4.69, 9.17) is 9.47 Å². The van der Waals surface area contributed by atoms with E-state index in [1.165, 1.54) is 0 Å². The van der Waals surface area contributed by atoms with E-state index < -0.39 is 6.10 Å². The van der Waals surface area contributed by atoms with Crippen molar-refractivity contribution in [2.75, 3.05) is 20.2 Å². The summed E-state index contributed by atoms with van der Waals surface area (Å²) in [6.07, 6.45) is 1.72. The first-order valence-electron chi connectivity index (χ1n) is 7.19. The Hall–Kier alpha value is -1.71. The van der Waals surface area contributed by atoms with Gasteiger partial charge in [-0.3, -0.25) is 4.79 Å². The quantitative estimate of drug-likeness (QED) is 0.849. The highest BCUT2D eigenvalue weighted by Gasteiger charge is 2.25. The number of carbonyl (C=O) groups is 1. The molecule has 1 atom stereocenters. The lowest BCUT2D eigenvalue weighted by Gasteiger charge is -2.32. The van der Waals surface area contributed by atoms with Crippen LogP contribution < -0.4 is 9.47 Å². The van der Waals surface area contributed by atoms with Gasteiger partial charge in [0.15, 0.2) is 6.10 Å². The minimum absolute atomic E-state index is 0.0766. The predicted molar refractivity (Wildman–Crippen MR) is 78.1 cm³/mol. The van der Waals surface area contributed by atoms with Crippen molar-refractivity contribution in [2.24, 2.45) is 5.92 Å². The third-order valence-corrected chi connectivity index (χ3v) is 3.82. The lowest BCUT2D eigenvalue weighted by Crippen LogP contribution is -2.44. The summed E-state index contributed by atoms with van der Waals surface area (Å²) in [5.41, 5.74) is 0. The van der Waals surface area contributed by atoms with Crippen LogP contribution in [0.15, 0.2) is 24.3 Å². The molecule has 0 N–H and O–H groups in total. The molecule has 0 radical (unpaired) electrons. The van der Waals surface area contributed by atoms with Gasteiger partial charge in [-0.2, -0.15) is 0 Å². The molecule has 0 bridgehead atoms. The van der Waals surface area contributed by atoms with Crippen molar-refractivity contribution in [1.29, 1.82) is 0 Å². The number of amides is 1. The molecule has 1 fully saturated rings. The van der Waals surface area contributed by atoms with Gasteiger partial charge in [0, 0.05) is 13.1 Å². The molecule has 1 saturated heterocycles. The van der Waals surface area contributed by atoms with Crippen molar-refractivity contribution in [1.82, 2.24) is 4.90 Å². The summed E-state index contributed by atoms with van der Waals surface area (Å²) in [6, 6.07) is 7.30. The van der Waals surface area contributed by atoms with Crippen LogP contribution in [-0.4, -0.2) is 37.1 Å². The van der Waals surface area contributed by atoms with E-state index >= 15 is 0 Å². The molecule has 1 aromatic carbocycles. The Morgan fingerprint density at radius 2 is 1.75 bits per heavy atom. The molecule has 2 rings (SSSR count). The summed E-state index contributed by atoms with van der Waals surface area (Å²) in [5.74, 6) is 2.27. The van der Waals surface area contributed by atoms with Crippen LogP contribution in [0.4, 0.5) is 0 Å². The van der Waals surface area contributed by atoms with Gasteiger partial charge in [0.2, 0.25) is 0 Å². The monoisotopic (exact) mass is 277 g/mol. The molecule has 1 aliphatic heterocycles. The van der Waals surface area contributed by atoms with Crippen LogP contribution >= 0.6 is 0 Å². The fourth-order valence-corrected chi connectivity index (χ4v) is 2.39. The fraction of sp³-hybridized carbons (Fsp3) is 0.562. The fourth-order valence-electron chi connectivity index (χ4n) is 2.39. The molecule has 1 aliphatic rings. The molecule has 20 heavy (non-hydrogen) atoms. The second kappa shape index (κ2) is 6.64. The topological polar surface area (TPSA) is 38.8 Å². The predicted octanol–water partition coefficient (Wildman–Crippen LogP) is 2.72. The van der Waals surface area contributed by atoms with Crippen molar-refractivity contribution in [2.45, 2.75) is 32.8 Å². The second-order valence-electron chi connectivity index (χ2n) is 5.44. The van der Waals surface area contributed by atoms with E-state index in [0.717, 1.165) is 37.6 Å². The van der Waals surface area contributed by atoms with Gasteiger partial charge >= 0.3 is 0 Å². The van der Waals surface area contributed by atoms with Crippen molar-refractivity contribution in [3.63, 3.8) is 0 Å². The first-order chi connectivity index (χ1) is 9.60. The summed E-state index contributed by atoms with van der Waals surface area (Å²) < 4.78 is 10.8. The minimum Gasteiger partial charge on any atom is -0.497 e. The van der Waals surface area contributed by atoms with Gasteiger partial charge < -0.3 is 14.4 Å². The van der Waals surface area contributed by atoms with E-state index in [-0.39, 0.29) is 5.91 Å². The number of likely N-dealkylation sites (tertiary alicyclic amines) is 1. The number of rotatable bonds is 4. The zero-order valence-electron chi connectivity index (χ0n) is 12.5. The SMILES string of the molecule is COc1ccc(O[C@@H](C)C(=O)N2CCC(C)CC2)cc1. The number of benzene rings is 1. The number of hydrogen-bond donors (Lipinski definition) is 0. The number of ether oxygens (including phenoxy) is 2. The maximum absolute atomic E-state index is 12.3. The first-order valence-corrected chi connectivity index (χ1v) is 7.19. The van der Waals surface area contributed by atoms with Crippen LogP contribution in [0.2, 0.25) is 0 Å². The Kier molecular flexibility index (Phi) is 4.88. The summed E-state index contributed by atoms with van der Waals surface area (Å²) in [5, 5.41) is 0. The van der Waals surface area contributed by atoms with Gasteiger partial charge in [0.25, 0.3) is 5.91 Å². The van der Waals surface area contributed by atoms with E-state index in [1.54, 1.807) is 7.11 Å². The van der Waals surface area contributed by atoms with Gasteiger partial charge in [-0.15, -0.1) is 0 Å². The Morgan fingerprint density at radius 3 is 2.30 bits per heavy atom. The van der Waals surface area contributed by atoms with Crippen molar-refractivity contribution < 1.29 is 14.3 Å². The van der Waals surface area contributed by atoms with E-state index in [0.29, 0.717) is 5.75 Å². The van der Waals surface area contributed by atoms with Gasteiger partial charge in [0.1, 0.15) is 11.5 Å². The molecule has 0 aliphatic carbocycles. The Labute approximate surface area is 120 Å². The molecule has 1 heterocycles. The molecule has 1 aromatic rings. The number of carbonyl (C=O) groups excluding carboxylic acids is 1. The lowest BCUT2D eigenvalue weighted by atomic mass is 9.99. The summed E-state index contributed by atoms with van der Waals surface area (Å²) in [7, 11) is 1.62. The van der Waals surface area contributed by atoms with Gasteiger partial charge in [-0.05, 0) is 49.9 Å². The van der Waals surface area contributed by atoms with Crippen molar-refractivity contribution >= 4 is 5.91 Å².